The lowest BCUT2D eigenvalue weighted by Gasteiger charge is -2.35. The Morgan fingerprint density at radius 2 is 1.76 bits per heavy atom. The number of carbonyl (C=O) groups is 2. The second-order valence-electron chi connectivity index (χ2n) is 9.76. The number of ether oxygens (including phenoxy) is 1. The average Bonchev–Trinajstić information content (AvgIpc) is 3.11. The van der Waals surface area contributed by atoms with Gasteiger partial charge in [-0.2, -0.15) is 13.2 Å². The quantitative estimate of drug-likeness (QED) is 0.601. The Labute approximate surface area is 198 Å². The van der Waals surface area contributed by atoms with Crippen LogP contribution in [0.2, 0.25) is 0 Å². The van der Waals surface area contributed by atoms with Gasteiger partial charge in [-0.1, -0.05) is 26.8 Å². The first kappa shape index (κ1) is 25.8. The van der Waals surface area contributed by atoms with Crippen molar-refractivity contribution in [3.8, 4) is 0 Å². The Morgan fingerprint density at radius 3 is 2.32 bits per heavy atom. The molecule has 0 unspecified atom stereocenters. The van der Waals surface area contributed by atoms with Crippen LogP contribution in [-0.4, -0.2) is 48.1 Å². The summed E-state index contributed by atoms with van der Waals surface area (Å²) in [5, 5.41) is 2.63. The van der Waals surface area contributed by atoms with Crippen LogP contribution in [0.15, 0.2) is 30.3 Å². The Balaban J connectivity index is 1.85. The van der Waals surface area contributed by atoms with Crippen LogP contribution in [0, 0.1) is 6.92 Å². The van der Waals surface area contributed by atoms with Gasteiger partial charge in [0.15, 0.2) is 0 Å². The molecule has 0 bridgehead atoms. The molecule has 1 fully saturated rings. The minimum Gasteiger partial charge on any atom is -0.468 e. The van der Waals surface area contributed by atoms with E-state index in [0.717, 1.165) is 49.5 Å². The molecule has 9 heteroatoms. The molecule has 0 spiro atoms. The highest BCUT2D eigenvalue weighted by Crippen LogP contribution is 2.35. The molecular weight excluding hydrogens is 447 g/mol. The van der Waals surface area contributed by atoms with Gasteiger partial charge in [-0.25, -0.2) is 0 Å². The summed E-state index contributed by atoms with van der Waals surface area (Å²) in [5.41, 5.74) is 1.25. The molecule has 0 saturated carbocycles. The van der Waals surface area contributed by atoms with E-state index in [-0.39, 0.29) is 29.7 Å². The van der Waals surface area contributed by atoms with Crippen molar-refractivity contribution in [2.24, 2.45) is 0 Å². The molecule has 2 aromatic rings. The summed E-state index contributed by atoms with van der Waals surface area (Å²) in [6.45, 7) is 9.79. The van der Waals surface area contributed by atoms with Crippen molar-refractivity contribution in [3.05, 3.63) is 52.8 Å². The maximum absolute atomic E-state index is 13.1. The molecule has 1 amide bonds. The molecule has 2 heterocycles. The number of benzene rings is 1. The Bertz CT molecular complexity index is 1050. The molecule has 0 radical (unpaired) electrons. The predicted octanol–water partition coefficient (Wildman–Crippen LogP) is 5.18. The van der Waals surface area contributed by atoms with Crippen LogP contribution in [0.1, 0.15) is 67.0 Å². The third-order valence-corrected chi connectivity index (χ3v) is 6.26. The summed E-state index contributed by atoms with van der Waals surface area (Å²) >= 11 is 0. The minimum absolute atomic E-state index is 0.0976. The van der Waals surface area contributed by atoms with Crippen LogP contribution in [0.4, 0.5) is 18.9 Å². The Hall–Kier alpha value is -2.81. The number of nitrogens with one attached hydrogen (secondary N) is 1. The van der Waals surface area contributed by atoms with E-state index in [9.17, 15) is 22.8 Å². The van der Waals surface area contributed by atoms with E-state index in [4.69, 9.17) is 4.74 Å². The van der Waals surface area contributed by atoms with Gasteiger partial charge in [0.2, 0.25) is 0 Å². The molecule has 34 heavy (non-hydrogen) atoms. The van der Waals surface area contributed by atoms with E-state index in [0.29, 0.717) is 5.56 Å². The fourth-order valence-electron chi connectivity index (χ4n) is 4.45. The highest BCUT2D eigenvalue weighted by molar-refractivity contribution is 6.05. The number of aromatic nitrogens is 1. The number of hydrogen-bond donors (Lipinski definition) is 1. The lowest BCUT2D eigenvalue weighted by molar-refractivity contribution is -0.142. The van der Waals surface area contributed by atoms with Gasteiger partial charge in [0.05, 0.1) is 24.8 Å². The molecule has 1 aromatic carbocycles. The zero-order valence-corrected chi connectivity index (χ0v) is 20.3. The summed E-state index contributed by atoms with van der Waals surface area (Å²) in [6.07, 6.45) is -2.86. The van der Waals surface area contributed by atoms with Crippen LogP contribution in [0.5, 0.6) is 0 Å². The first-order chi connectivity index (χ1) is 15.8. The minimum atomic E-state index is -4.48. The third-order valence-electron chi connectivity index (χ3n) is 6.26. The van der Waals surface area contributed by atoms with E-state index >= 15 is 0 Å². The van der Waals surface area contributed by atoms with Crippen LogP contribution in [0.25, 0.3) is 0 Å². The first-order valence-electron chi connectivity index (χ1n) is 11.3. The number of methoxy groups -OCH3 is 1. The molecule has 186 valence electrons. The molecule has 6 nitrogen and oxygen atoms in total. The molecule has 0 aliphatic carbocycles. The van der Waals surface area contributed by atoms with Gasteiger partial charge in [0.1, 0.15) is 0 Å². The maximum atomic E-state index is 13.1. The number of amides is 1. The summed E-state index contributed by atoms with van der Waals surface area (Å²) in [7, 11) is 1.37. The van der Waals surface area contributed by atoms with Crippen molar-refractivity contribution < 1.29 is 27.5 Å². The van der Waals surface area contributed by atoms with Gasteiger partial charge >= 0.3 is 12.1 Å². The van der Waals surface area contributed by atoms with Crippen LogP contribution in [0.3, 0.4) is 0 Å². The molecule has 1 aliphatic rings. The first-order valence-corrected chi connectivity index (χ1v) is 11.3. The maximum Gasteiger partial charge on any atom is 0.416 e. The van der Waals surface area contributed by atoms with Crippen molar-refractivity contribution >= 4 is 17.6 Å². The summed E-state index contributed by atoms with van der Waals surface area (Å²) in [4.78, 5) is 26.8. The van der Waals surface area contributed by atoms with Crippen LogP contribution in [-0.2, 0) is 21.1 Å². The van der Waals surface area contributed by atoms with Crippen molar-refractivity contribution in [3.63, 3.8) is 0 Å². The number of alkyl halides is 3. The number of nitrogens with zero attached hydrogens (tertiary/aromatic N) is 2. The fraction of sp³-hybridized carbons (Fsp3) is 0.520. The largest absolute Gasteiger partial charge is 0.468 e. The number of carbonyl (C=O) groups excluding carboxylic acids is 2. The number of rotatable bonds is 5. The number of halogens is 3. The molecular formula is C25H32F3N3O3. The molecule has 3 rings (SSSR count). The molecule has 1 saturated heterocycles. The highest BCUT2D eigenvalue weighted by Gasteiger charge is 2.32. The van der Waals surface area contributed by atoms with E-state index in [1.54, 1.807) is 0 Å². The van der Waals surface area contributed by atoms with Gasteiger partial charge in [-0.15, -0.1) is 0 Å². The Morgan fingerprint density at radius 1 is 1.12 bits per heavy atom. The van der Waals surface area contributed by atoms with E-state index in [1.165, 1.54) is 19.2 Å². The van der Waals surface area contributed by atoms with E-state index in [1.807, 2.05) is 13.0 Å². The van der Waals surface area contributed by atoms with Gasteiger partial charge in [-0.05, 0) is 44.0 Å². The SMILES string of the molecule is COC(=O)CN1CCC(n2c(C(C)(C)C)cc(C(=O)Nc3cccc(C(F)(F)F)c3)c2C)CC1. The van der Waals surface area contributed by atoms with E-state index in [2.05, 4.69) is 35.6 Å². The lowest BCUT2D eigenvalue weighted by Crippen LogP contribution is -2.39. The van der Waals surface area contributed by atoms with Crippen molar-refractivity contribution in [1.29, 1.82) is 0 Å². The van der Waals surface area contributed by atoms with Crippen LogP contribution < -0.4 is 5.32 Å². The fourth-order valence-corrected chi connectivity index (χ4v) is 4.45. The topological polar surface area (TPSA) is 63.6 Å². The summed E-state index contributed by atoms with van der Waals surface area (Å²) < 4.78 is 46.1. The third kappa shape index (κ3) is 5.81. The summed E-state index contributed by atoms with van der Waals surface area (Å²) in [6, 6.07) is 6.63. The molecule has 1 aliphatic heterocycles. The van der Waals surface area contributed by atoms with E-state index < -0.39 is 17.6 Å². The highest BCUT2D eigenvalue weighted by atomic mass is 19.4. The Kier molecular flexibility index (Phi) is 7.45. The van der Waals surface area contributed by atoms with Crippen LogP contribution >= 0.6 is 0 Å². The van der Waals surface area contributed by atoms with Gasteiger partial charge < -0.3 is 14.6 Å². The molecule has 0 atom stereocenters. The van der Waals surface area contributed by atoms with Crippen molar-refractivity contribution in [2.45, 2.75) is 58.2 Å². The normalized spacial score (nSPS) is 15.9. The zero-order chi connectivity index (χ0) is 25.3. The number of hydrogen-bond acceptors (Lipinski definition) is 4. The second kappa shape index (κ2) is 9.82. The van der Waals surface area contributed by atoms with Crippen molar-refractivity contribution in [1.82, 2.24) is 9.47 Å². The number of esters is 1. The zero-order valence-electron chi connectivity index (χ0n) is 20.3. The van der Waals surface area contributed by atoms with Gasteiger partial charge in [0.25, 0.3) is 5.91 Å². The van der Waals surface area contributed by atoms with Gasteiger partial charge in [-0.3, -0.25) is 14.5 Å². The standard InChI is InChI=1S/C25H32F3N3O3/c1-16-20(23(33)29-18-8-6-7-17(13-18)25(26,27)28)14-21(24(2,3)4)31(16)19-9-11-30(12-10-19)15-22(32)34-5/h6-8,13-14,19H,9-12,15H2,1-5H3,(H,29,33). The lowest BCUT2D eigenvalue weighted by atomic mass is 9.91. The number of anilines is 1. The molecule has 1 N–H and O–H groups in total. The number of likely N-dealkylation sites (tertiary alicyclic amines) is 1. The monoisotopic (exact) mass is 479 g/mol. The van der Waals surface area contributed by atoms with Gasteiger partial charge in [0, 0.05) is 41.6 Å². The summed E-state index contributed by atoms with van der Waals surface area (Å²) in [5.74, 6) is -0.705. The van der Waals surface area contributed by atoms with Crippen molar-refractivity contribution in [2.75, 3.05) is 32.1 Å². The predicted molar refractivity (Wildman–Crippen MR) is 124 cm³/mol. The molecule has 1 aromatic heterocycles. The smallest absolute Gasteiger partial charge is 0.416 e. The second-order valence-corrected chi connectivity index (χ2v) is 9.76. The number of piperidine rings is 1. The average molecular weight is 480 g/mol.